The van der Waals surface area contributed by atoms with Crippen molar-refractivity contribution >= 4 is 51.1 Å². The fourth-order valence-corrected chi connectivity index (χ4v) is 5.26. The second kappa shape index (κ2) is 27.8. The molecule has 0 atom stereocenters. The van der Waals surface area contributed by atoms with Gasteiger partial charge in [-0.25, -0.2) is 13.2 Å². The number of alkyl halides is 5. The quantitative estimate of drug-likeness (QED) is 0.195. The first-order chi connectivity index (χ1) is 18.7. The molecule has 0 bridgehead atoms. The SMILES string of the molecule is CCC.COc1cccc(C(F)(F)F)c1.COc1cccc(F)c1.FCF.n1pnpnp1.n1pnpnp1. The predicted octanol–water partition coefficient (Wildman–Crippen LogP) is 10.1. The van der Waals surface area contributed by atoms with Gasteiger partial charge in [0.2, 0.25) is 6.93 Å². The van der Waals surface area contributed by atoms with Crippen LogP contribution in [0, 0.1) is 5.82 Å². The number of aromatic nitrogens is 6. The van der Waals surface area contributed by atoms with Gasteiger partial charge in [-0.3, -0.25) is 0 Å². The molecule has 0 saturated heterocycles. The average Bonchev–Trinajstić information content (AvgIpc) is 2.96. The molecule has 2 heterocycles. The minimum Gasteiger partial charge on any atom is -0.497 e. The van der Waals surface area contributed by atoms with Crippen LogP contribution in [0.3, 0.4) is 0 Å². The van der Waals surface area contributed by atoms with Gasteiger partial charge in [-0.15, -0.1) is 0 Å². The number of hydrogen-bond acceptors (Lipinski definition) is 8. The zero-order valence-corrected chi connectivity index (χ0v) is 26.4. The summed E-state index contributed by atoms with van der Waals surface area (Å²) in [6, 6.07) is 10.7. The molecule has 0 amide bonds. The van der Waals surface area contributed by atoms with Crippen molar-refractivity contribution in [1.29, 1.82) is 0 Å². The molecule has 2 aromatic heterocycles. The Kier molecular flexibility index (Phi) is 28.0. The number of rotatable bonds is 2. The van der Waals surface area contributed by atoms with Gasteiger partial charge in [-0.2, -0.15) is 40.2 Å². The number of methoxy groups -OCH3 is 2. The van der Waals surface area contributed by atoms with Crippen LogP contribution < -0.4 is 9.47 Å². The average molecular weight is 668 g/mol. The molecular weight excluding hydrogens is 644 g/mol. The minimum atomic E-state index is -4.30. The Bertz CT molecular complexity index is 985. The Balaban J connectivity index is 0. The standard InChI is InChI=1S/C8H7F3O.C7H7FO.C3H8.CH2F2.2N3P3/c1-12-7-4-2-3-6(5-7)8(9,10)11;1-9-7-4-2-3-6(8)5-7;1-3-2;2-1-3;2*1-4-2-6-3-5-1/h2-5H,1H3;2-5H,1H3;3H2,1-2H3;1H2;;. The fraction of sp³-hybridized carbons (Fsp3) is 0.368. The van der Waals surface area contributed by atoms with Gasteiger partial charge in [0.15, 0.2) is 51.1 Å². The smallest absolute Gasteiger partial charge is 0.416 e. The van der Waals surface area contributed by atoms with E-state index in [2.05, 4.69) is 45.6 Å². The molecule has 2 aromatic carbocycles. The molecule has 0 saturated carbocycles. The largest absolute Gasteiger partial charge is 0.497 e. The molecule has 0 N–H and O–H groups in total. The molecular formula is C19H24F6N6O2P6. The highest BCUT2D eigenvalue weighted by molar-refractivity contribution is 7.44. The third kappa shape index (κ3) is 26.2. The van der Waals surface area contributed by atoms with E-state index in [-0.39, 0.29) is 11.6 Å². The maximum Gasteiger partial charge on any atom is 0.416 e. The van der Waals surface area contributed by atoms with Crippen molar-refractivity contribution in [2.24, 2.45) is 0 Å². The number of benzene rings is 2. The van der Waals surface area contributed by atoms with Gasteiger partial charge in [-0.05, 0) is 30.3 Å². The van der Waals surface area contributed by atoms with Crippen LogP contribution in [0.1, 0.15) is 25.8 Å². The lowest BCUT2D eigenvalue weighted by Crippen LogP contribution is -2.04. The van der Waals surface area contributed by atoms with E-state index in [0.717, 1.165) is 63.2 Å². The van der Waals surface area contributed by atoms with Crippen molar-refractivity contribution in [2.45, 2.75) is 26.4 Å². The highest BCUT2D eigenvalue weighted by atomic mass is 31.1. The van der Waals surface area contributed by atoms with Gasteiger partial charge in [-0.1, -0.05) is 32.4 Å². The summed E-state index contributed by atoms with van der Waals surface area (Å²) in [5.41, 5.74) is -0.693. The molecule has 214 valence electrons. The summed E-state index contributed by atoms with van der Waals surface area (Å²) in [6.45, 7) is 2.50. The molecule has 39 heavy (non-hydrogen) atoms. The van der Waals surface area contributed by atoms with Gasteiger partial charge in [0.05, 0.1) is 19.8 Å². The van der Waals surface area contributed by atoms with Crippen LogP contribution in [0.5, 0.6) is 11.5 Å². The molecule has 0 radical (unpaired) electrons. The van der Waals surface area contributed by atoms with Gasteiger partial charge < -0.3 is 9.47 Å². The summed E-state index contributed by atoms with van der Waals surface area (Å²) in [5, 5.41) is 0. The minimum absolute atomic E-state index is 0.213. The van der Waals surface area contributed by atoms with Crippen LogP contribution in [0.4, 0.5) is 26.3 Å². The molecule has 0 aliphatic heterocycles. The van der Waals surface area contributed by atoms with Crippen LogP contribution in [0.25, 0.3) is 0 Å². The van der Waals surface area contributed by atoms with E-state index in [1.54, 1.807) is 12.1 Å². The van der Waals surface area contributed by atoms with Crippen molar-refractivity contribution in [3.63, 3.8) is 0 Å². The van der Waals surface area contributed by atoms with Gasteiger partial charge in [0, 0.05) is 6.07 Å². The fourth-order valence-electron chi connectivity index (χ4n) is 1.61. The molecule has 0 aliphatic carbocycles. The van der Waals surface area contributed by atoms with Crippen LogP contribution in [0.15, 0.2) is 48.5 Å². The summed E-state index contributed by atoms with van der Waals surface area (Å²) in [5.74, 6) is 0.495. The molecule has 0 fully saturated rings. The van der Waals surface area contributed by atoms with E-state index in [0.29, 0.717) is 5.75 Å². The maximum absolute atomic E-state index is 12.3. The summed E-state index contributed by atoms with van der Waals surface area (Å²) in [6.07, 6.45) is -3.05. The zero-order valence-electron chi connectivity index (χ0n) is 21.0. The van der Waals surface area contributed by atoms with Crippen LogP contribution >= 0.6 is 51.1 Å². The Labute approximate surface area is 232 Å². The van der Waals surface area contributed by atoms with Gasteiger partial charge in [0.25, 0.3) is 0 Å². The number of nitrogens with zero attached hydrogens (tertiary/aromatic N) is 6. The Morgan fingerprint density at radius 3 is 1.26 bits per heavy atom. The summed E-state index contributed by atoms with van der Waals surface area (Å²) >= 11 is 0. The maximum atomic E-state index is 12.3. The van der Waals surface area contributed by atoms with E-state index in [9.17, 15) is 26.3 Å². The highest BCUT2D eigenvalue weighted by Crippen LogP contribution is 2.31. The van der Waals surface area contributed by atoms with Gasteiger partial charge in [0.1, 0.15) is 17.3 Å². The first-order valence-corrected chi connectivity index (χ1v) is 15.0. The van der Waals surface area contributed by atoms with E-state index < -0.39 is 18.7 Å². The monoisotopic (exact) mass is 668 g/mol. The van der Waals surface area contributed by atoms with Crippen molar-refractivity contribution in [3.8, 4) is 11.5 Å². The van der Waals surface area contributed by atoms with Gasteiger partial charge >= 0.3 is 6.18 Å². The Morgan fingerprint density at radius 1 is 0.667 bits per heavy atom. The lowest BCUT2D eigenvalue weighted by molar-refractivity contribution is -0.137. The molecule has 0 unspecified atom stereocenters. The molecule has 0 spiro atoms. The third-order valence-electron chi connectivity index (χ3n) is 2.91. The van der Waals surface area contributed by atoms with Crippen molar-refractivity contribution in [1.82, 2.24) is 27.1 Å². The highest BCUT2D eigenvalue weighted by Gasteiger charge is 2.30. The third-order valence-corrected chi connectivity index (χ3v) is 6.75. The van der Waals surface area contributed by atoms with Crippen molar-refractivity contribution in [3.05, 3.63) is 59.9 Å². The van der Waals surface area contributed by atoms with E-state index in [1.165, 1.54) is 44.9 Å². The first kappa shape index (κ1) is 39.4. The lowest BCUT2D eigenvalue weighted by Gasteiger charge is -2.07. The second-order valence-electron chi connectivity index (χ2n) is 5.77. The van der Waals surface area contributed by atoms with E-state index in [1.807, 2.05) is 0 Å². The lowest BCUT2D eigenvalue weighted by atomic mass is 10.2. The van der Waals surface area contributed by atoms with Crippen LogP contribution in [0.2, 0.25) is 0 Å². The number of hydrogen-bond donors (Lipinski definition) is 0. The summed E-state index contributed by atoms with van der Waals surface area (Å²) in [7, 11) is 7.82. The van der Waals surface area contributed by atoms with E-state index in [4.69, 9.17) is 4.74 Å². The Hall–Kier alpha value is -1.78. The number of halogens is 6. The predicted molar refractivity (Wildman–Crippen MR) is 149 cm³/mol. The normalized spacial score (nSPS) is 10.2. The molecule has 4 aromatic rings. The molecule has 20 heteroatoms. The molecule has 4 rings (SSSR count). The summed E-state index contributed by atoms with van der Waals surface area (Å²) < 4.78 is 99.8. The summed E-state index contributed by atoms with van der Waals surface area (Å²) in [4.78, 5) is 0. The molecule has 0 aliphatic rings. The number of ether oxygens (including phenoxy) is 2. The van der Waals surface area contributed by atoms with Crippen LogP contribution in [-0.4, -0.2) is 48.2 Å². The van der Waals surface area contributed by atoms with Crippen molar-refractivity contribution in [2.75, 3.05) is 21.1 Å². The topological polar surface area (TPSA) is 95.8 Å². The van der Waals surface area contributed by atoms with Crippen molar-refractivity contribution < 1.29 is 35.8 Å². The first-order valence-electron chi connectivity index (χ1n) is 10.2. The second-order valence-corrected chi connectivity index (χ2v) is 11.1. The van der Waals surface area contributed by atoms with Crippen LogP contribution in [-0.2, 0) is 6.18 Å². The van der Waals surface area contributed by atoms with E-state index >= 15 is 0 Å². The molecule has 8 nitrogen and oxygen atoms in total. The Morgan fingerprint density at radius 2 is 1.00 bits per heavy atom. The zero-order chi connectivity index (χ0) is 29.8.